The molecule has 1 atom stereocenters. The molecular formula is C16H21NO3. The van der Waals surface area contributed by atoms with E-state index in [1.165, 1.54) is 6.08 Å². The van der Waals surface area contributed by atoms with Crippen molar-refractivity contribution in [3.8, 4) is 5.75 Å². The Bertz CT molecular complexity index is 508. The third-order valence-electron chi connectivity index (χ3n) is 3.77. The molecule has 1 aromatic rings. The highest BCUT2D eigenvalue weighted by molar-refractivity contribution is 5.92. The zero-order valence-electron chi connectivity index (χ0n) is 11.9. The normalized spacial score (nSPS) is 17.8. The van der Waals surface area contributed by atoms with Gasteiger partial charge in [-0.2, -0.15) is 0 Å². The van der Waals surface area contributed by atoms with Gasteiger partial charge in [-0.15, -0.1) is 0 Å². The molecule has 1 aromatic carbocycles. The fraction of sp³-hybridized carbons (Fsp3) is 0.438. The summed E-state index contributed by atoms with van der Waals surface area (Å²) in [4.78, 5) is 12.0. The summed E-state index contributed by atoms with van der Waals surface area (Å²) >= 11 is 0. The molecule has 0 aromatic heterocycles. The summed E-state index contributed by atoms with van der Waals surface area (Å²) in [5, 5.41) is 12.3. The van der Waals surface area contributed by atoms with Gasteiger partial charge in [0.15, 0.2) is 0 Å². The molecule has 0 radical (unpaired) electrons. The molecular weight excluding hydrogens is 254 g/mol. The molecule has 108 valence electrons. The van der Waals surface area contributed by atoms with Gasteiger partial charge in [0, 0.05) is 11.6 Å². The van der Waals surface area contributed by atoms with Gasteiger partial charge in [-0.1, -0.05) is 18.2 Å². The number of carbonyl (C=O) groups excluding carboxylic acids is 1. The van der Waals surface area contributed by atoms with Crippen molar-refractivity contribution in [3.05, 3.63) is 35.9 Å². The standard InChI is InChI=1S/C16H21NO3/c1-16(11-18,13-8-9-13)17-15(19)10-7-12-5-3-4-6-14(12)20-2/h3-7,10,13,18H,8-9,11H2,1-2H3,(H,17,19)/b10-7+. The van der Waals surface area contributed by atoms with Crippen LogP contribution in [0.15, 0.2) is 30.3 Å². The van der Waals surface area contributed by atoms with Gasteiger partial charge in [0.25, 0.3) is 0 Å². The zero-order valence-corrected chi connectivity index (χ0v) is 11.9. The maximum Gasteiger partial charge on any atom is 0.244 e. The SMILES string of the molecule is COc1ccccc1/C=C/C(=O)NC(C)(CO)C1CC1. The molecule has 4 heteroatoms. The van der Waals surface area contributed by atoms with Crippen LogP contribution in [0.25, 0.3) is 6.08 Å². The molecule has 0 aliphatic heterocycles. The lowest BCUT2D eigenvalue weighted by molar-refractivity contribution is -0.119. The first-order chi connectivity index (χ1) is 9.59. The Morgan fingerprint density at radius 3 is 2.80 bits per heavy atom. The van der Waals surface area contributed by atoms with Crippen LogP contribution in [-0.2, 0) is 4.79 Å². The van der Waals surface area contributed by atoms with Crippen molar-refractivity contribution < 1.29 is 14.6 Å². The van der Waals surface area contributed by atoms with Crippen LogP contribution < -0.4 is 10.1 Å². The maximum atomic E-state index is 12.0. The molecule has 1 amide bonds. The molecule has 0 heterocycles. The summed E-state index contributed by atoms with van der Waals surface area (Å²) in [5.41, 5.74) is 0.338. The molecule has 1 saturated carbocycles. The van der Waals surface area contributed by atoms with Crippen molar-refractivity contribution in [2.24, 2.45) is 5.92 Å². The summed E-state index contributed by atoms with van der Waals surface area (Å²) in [6, 6.07) is 7.50. The number of carbonyl (C=O) groups is 1. The van der Waals surface area contributed by atoms with E-state index in [4.69, 9.17) is 4.74 Å². The number of hydrogen-bond acceptors (Lipinski definition) is 3. The van der Waals surface area contributed by atoms with Crippen LogP contribution in [0.2, 0.25) is 0 Å². The van der Waals surface area contributed by atoms with Crippen molar-refractivity contribution in [2.45, 2.75) is 25.3 Å². The van der Waals surface area contributed by atoms with Crippen LogP contribution in [0, 0.1) is 5.92 Å². The molecule has 1 fully saturated rings. The Kier molecular flexibility index (Phi) is 4.45. The number of methoxy groups -OCH3 is 1. The van der Waals surface area contributed by atoms with E-state index in [0.29, 0.717) is 5.92 Å². The van der Waals surface area contributed by atoms with Gasteiger partial charge >= 0.3 is 0 Å². The maximum absolute atomic E-state index is 12.0. The Hall–Kier alpha value is -1.81. The zero-order chi connectivity index (χ0) is 14.6. The van der Waals surface area contributed by atoms with Crippen molar-refractivity contribution in [1.82, 2.24) is 5.32 Å². The van der Waals surface area contributed by atoms with Crippen LogP contribution in [0.3, 0.4) is 0 Å². The first kappa shape index (κ1) is 14.6. The number of aliphatic hydroxyl groups excluding tert-OH is 1. The van der Waals surface area contributed by atoms with E-state index in [2.05, 4.69) is 5.32 Å². The van der Waals surface area contributed by atoms with Crippen molar-refractivity contribution >= 4 is 12.0 Å². The van der Waals surface area contributed by atoms with Gasteiger partial charge in [-0.25, -0.2) is 0 Å². The van der Waals surface area contributed by atoms with Crippen LogP contribution >= 0.6 is 0 Å². The van der Waals surface area contributed by atoms with Crippen LogP contribution in [-0.4, -0.2) is 30.3 Å². The van der Waals surface area contributed by atoms with E-state index in [1.807, 2.05) is 31.2 Å². The molecule has 0 saturated heterocycles. The summed E-state index contributed by atoms with van der Waals surface area (Å²) in [6.45, 7) is 1.85. The van der Waals surface area contributed by atoms with Crippen molar-refractivity contribution in [1.29, 1.82) is 0 Å². The number of hydrogen-bond donors (Lipinski definition) is 2. The average molecular weight is 275 g/mol. The largest absolute Gasteiger partial charge is 0.496 e. The molecule has 2 rings (SSSR count). The second-order valence-electron chi connectivity index (χ2n) is 5.41. The molecule has 4 nitrogen and oxygen atoms in total. The minimum atomic E-state index is -0.512. The number of aliphatic hydroxyl groups is 1. The third-order valence-corrected chi connectivity index (χ3v) is 3.77. The lowest BCUT2D eigenvalue weighted by Gasteiger charge is -2.28. The van der Waals surface area contributed by atoms with Gasteiger partial charge in [-0.05, 0) is 37.8 Å². The molecule has 1 aliphatic carbocycles. The van der Waals surface area contributed by atoms with E-state index in [0.717, 1.165) is 24.2 Å². The van der Waals surface area contributed by atoms with Crippen molar-refractivity contribution in [2.75, 3.05) is 13.7 Å². The van der Waals surface area contributed by atoms with Gasteiger partial charge in [0.2, 0.25) is 5.91 Å². The second-order valence-corrected chi connectivity index (χ2v) is 5.41. The highest BCUT2D eigenvalue weighted by atomic mass is 16.5. The number of para-hydroxylation sites is 1. The predicted molar refractivity (Wildman–Crippen MR) is 78.4 cm³/mol. The first-order valence-electron chi connectivity index (χ1n) is 6.83. The molecule has 1 unspecified atom stereocenters. The minimum absolute atomic E-state index is 0.0358. The Morgan fingerprint density at radius 2 is 2.20 bits per heavy atom. The Morgan fingerprint density at radius 1 is 1.50 bits per heavy atom. The third kappa shape index (κ3) is 3.39. The number of ether oxygens (including phenoxy) is 1. The Labute approximate surface area is 119 Å². The molecule has 0 spiro atoms. The lowest BCUT2D eigenvalue weighted by atomic mass is 9.97. The summed E-state index contributed by atoms with van der Waals surface area (Å²) in [5.74, 6) is 0.916. The average Bonchev–Trinajstić information content (AvgIpc) is 3.30. The first-order valence-corrected chi connectivity index (χ1v) is 6.83. The van der Waals surface area contributed by atoms with Crippen LogP contribution in [0.5, 0.6) is 5.75 Å². The lowest BCUT2D eigenvalue weighted by Crippen LogP contribution is -2.50. The summed E-state index contributed by atoms with van der Waals surface area (Å²) in [7, 11) is 1.60. The number of rotatable bonds is 6. The van der Waals surface area contributed by atoms with Gasteiger partial charge < -0.3 is 15.2 Å². The van der Waals surface area contributed by atoms with Gasteiger partial charge in [-0.3, -0.25) is 4.79 Å². The topological polar surface area (TPSA) is 58.6 Å². The molecule has 1 aliphatic rings. The van der Waals surface area contributed by atoms with E-state index in [1.54, 1.807) is 13.2 Å². The highest BCUT2D eigenvalue weighted by Gasteiger charge is 2.41. The van der Waals surface area contributed by atoms with E-state index < -0.39 is 5.54 Å². The monoisotopic (exact) mass is 275 g/mol. The van der Waals surface area contributed by atoms with E-state index in [-0.39, 0.29) is 12.5 Å². The minimum Gasteiger partial charge on any atom is -0.496 e. The van der Waals surface area contributed by atoms with Crippen LogP contribution in [0.4, 0.5) is 0 Å². The Balaban J connectivity index is 2.02. The van der Waals surface area contributed by atoms with Gasteiger partial charge in [0.1, 0.15) is 5.75 Å². The molecule has 2 N–H and O–H groups in total. The number of amides is 1. The second kappa shape index (κ2) is 6.09. The van der Waals surface area contributed by atoms with Gasteiger partial charge in [0.05, 0.1) is 19.3 Å². The van der Waals surface area contributed by atoms with E-state index >= 15 is 0 Å². The predicted octanol–water partition coefficient (Wildman–Crippen LogP) is 1.99. The van der Waals surface area contributed by atoms with E-state index in [9.17, 15) is 9.90 Å². The summed E-state index contributed by atoms with van der Waals surface area (Å²) < 4.78 is 5.22. The fourth-order valence-corrected chi connectivity index (χ4v) is 2.28. The quantitative estimate of drug-likeness (QED) is 0.781. The van der Waals surface area contributed by atoms with Crippen LogP contribution in [0.1, 0.15) is 25.3 Å². The number of benzene rings is 1. The number of nitrogens with one attached hydrogen (secondary N) is 1. The molecule has 0 bridgehead atoms. The smallest absolute Gasteiger partial charge is 0.244 e. The summed E-state index contributed by atoms with van der Waals surface area (Å²) in [6.07, 6.45) is 5.33. The highest BCUT2D eigenvalue weighted by Crippen LogP contribution is 2.39. The fourth-order valence-electron chi connectivity index (χ4n) is 2.28. The van der Waals surface area contributed by atoms with Crippen molar-refractivity contribution in [3.63, 3.8) is 0 Å². The molecule has 20 heavy (non-hydrogen) atoms.